The number of nitrogens with zero attached hydrogens (tertiary/aromatic N) is 4. The second-order valence-electron chi connectivity index (χ2n) is 7.36. The summed E-state index contributed by atoms with van der Waals surface area (Å²) in [6.07, 6.45) is 1.40. The van der Waals surface area contributed by atoms with E-state index in [0.29, 0.717) is 26.1 Å². The number of nitrogens with two attached hydrogens (primary N) is 1. The standard InChI is InChI=1S/C22H25N5O/c1-16-7-9-17(10-8-16)13-18(14-23)22(28)26-12-11-21-20(15-26)24-25-27(21)19-5-3-2-4-6-19/h2-10,18H,11-15,23H2,1H3. The van der Waals surface area contributed by atoms with Crippen LogP contribution in [0.4, 0.5) is 0 Å². The van der Waals surface area contributed by atoms with Crippen LogP contribution in [0, 0.1) is 12.8 Å². The van der Waals surface area contributed by atoms with Gasteiger partial charge in [0, 0.05) is 19.5 Å². The maximum absolute atomic E-state index is 13.1. The average Bonchev–Trinajstić information content (AvgIpc) is 3.17. The fourth-order valence-corrected chi connectivity index (χ4v) is 3.71. The molecule has 2 aromatic carbocycles. The Morgan fingerprint density at radius 2 is 1.89 bits per heavy atom. The fraction of sp³-hybridized carbons (Fsp3) is 0.318. The van der Waals surface area contributed by atoms with E-state index in [4.69, 9.17) is 5.73 Å². The number of carbonyl (C=O) groups excluding carboxylic acids is 1. The van der Waals surface area contributed by atoms with Gasteiger partial charge in [-0.2, -0.15) is 0 Å². The Balaban J connectivity index is 1.48. The Kier molecular flexibility index (Phi) is 5.21. The second-order valence-corrected chi connectivity index (χ2v) is 7.36. The Hall–Kier alpha value is -2.99. The number of hydrogen-bond acceptors (Lipinski definition) is 4. The van der Waals surface area contributed by atoms with Crippen molar-refractivity contribution >= 4 is 5.91 Å². The SMILES string of the molecule is Cc1ccc(CC(CN)C(=O)N2CCc3c(nnn3-c3ccccc3)C2)cc1. The van der Waals surface area contributed by atoms with Gasteiger partial charge in [-0.1, -0.05) is 53.2 Å². The van der Waals surface area contributed by atoms with Crippen molar-refractivity contribution in [1.29, 1.82) is 0 Å². The van der Waals surface area contributed by atoms with Crippen LogP contribution in [0.2, 0.25) is 0 Å². The Morgan fingerprint density at radius 1 is 1.14 bits per heavy atom. The summed E-state index contributed by atoms with van der Waals surface area (Å²) in [5.41, 5.74) is 11.3. The molecule has 1 atom stereocenters. The number of aromatic nitrogens is 3. The summed E-state index contributed by atoms with van der Waals surface area (Å²) < 4.78 is 1.88. The maximum atomic E-state index is 13.1. The summed E-state index contributed by atoms with van der Waals surface area (Å²) in [5, 5.41) is 8.64. The van der Waals surface area contributed by atoms with Crippen molar-refractivity contribution < 1.29 is 4.79 Å². The predicted molar refractivity (Wildman–Crippen MR) is 108 cm³/mol. The van der Waals surface area contributed by atoms with E-state index in [1.807, 2.05) is 39.9 Å². The van der Waals surface area contributed by atoms with E-state index in [1.54, 1.807) is 0 Å². The van der Waals surface area contributed by atoms with Gasteiger partial charge in [-0.25, -0.2) is 4.68 Å². The second kappa shape index (κ2) is 7.94. The summed E-state index contributed by atoms with van der Waals surface area (Å²) in [4.78, 5) is 15.0. The summed E-state index contributed by atoms with van der Waals surface area (Å²) in [7, 11) is 0. The van der Waals surface area contributed by atoms with Crippen LogP contribution in [-0.4, -0.2) is 38.9 Å². The van der Waals surface area contributed by atoms with E-state index in [9.17, 15) is 4.79 Å². The number of rotatable bonds is 5. The smallest absolute Gasteiger partial charge is 0.227 e. The van der Waals surface area contributed by atoms with Crippen molar-refractivity contribution in [2.45, 2.75) is 26.3 Å². The van der Waals surface area contributed by atoms with Gasteiger partial charge in [0.25, 0.3) is 0 Å². The Morgan fingerprint density at radius 3 is 2.61 bits per heavy atom. The van der Waals surface area contributed by atoms with Gasteiger partial charge in [0.05, 0.1) is 23.8 Å². The zero-order chi connectivity index (χ0) is 19.5. The van der Waals surface area contributed by atoms with Crippen LogP contribution in [0.5, 0.6) is 0 Å². The van der Waals surface area contributed by atoms with Crippen LogP contribution in [-0.2, 0) is 24.2 Å². The van der Waals surface area contributed by atoms with Crippen LogP contribution in [0.1, 0.15) is 22.5 Å². The third-order valence-corrected chi connectivity index (χ3v) is 5.35. The molecule has 0 spiro atoms. The number of benzene rings is 2. The van der Waals surface area contributed by atoms with E-state index in [1.165, 1.54) is 5.56 Å². The van der Waals surface area contributed by atoms with E-state index in [-0.39, 0.29) is 11.8 Å². The highest BCUT2D eigenvalue weighted by molar-refractivity contribution is 5.79. The highest BCUT2D eigenvalue weighted by Gasteiger charge is 2.29. The molecule has 28 heavy (non-hydrogen) atoms. The first-order valence-electron chi connectivity index (χ1n) is 9.69. The highest BCUT2D eigenvalue weighted by atomic mass is 16.2. The lowest BCUT2D eigenvalue weighted by atomic mass is 9.96. The number of para-hydroxylation sites is 1. The lowest BCUT2D eigenvalue weighted by molar-refractivity contribution is -0.136. The van der Waals surface area contributed by atoms with Crippen LogP contribution < -0.4 is 5.73 Å². The van der Waals surface area contributed by atoms with Gasteiger partial charge in [0.15, 0.2) is 0 Å². The molecule has 6 heteroatoms. The van der Waals surface area contributed by atoms with E-state index in [2.05, 4.69) is 41.5 Å². The van der Waals surface area contributed by atoms with Gasteiger partial charge in [-0.15, -0.1) is 5.10 Å². The normalized spacial score (nSPS) is 14.6. The molecule has 1 amide bonds. The lowest BCUT2D eigenvalue weighted by Crippen LogP contribution is -2.43. The van der Waals surface area contributed by atoms with E-state index < -0.39 is 0 Å². The number of aryl methyl sites for hydroxylation is 1. The quantitative estimate of drug-likeness (QED) is 0.742. The zero-order valence-electron chi connectivity index (χ0n) is 16.1. The molecule has 144 valence electrons. The highest BCUT2D eigenvalue weighted by Crippen LogP contribution is 2.22. The Labute approximate surface area is 165 Å². The summed E-state index contributed by atoms with van der Waals surface area (Å²) in [6.45, 7) is 3.55. The first kappa shape index (κ1) is 18.4. The minimum absolute atomic E-state index is 0.1000. The fourth-order valence-electron chi connectivity index (χ4n) is 3.71. The van der Waals surface area contributed by atoms with Gasteiger partial charge in [-0.05, 0) is 31.0 Å². The minimum Gasteiger partial charge on any atom is -0.336 e. The molecule has 1 aliphatic rings. The van der Waals surface area contributed by atoms with Gasteiger partial charge in [0.1, 0.15) is 5.69 Å². The van der Waals surface area contributed by atoms with E-state index in [0.717, 1.165) is 29.1 Å². The minimum atomic E-state index is -0.214. The zero-order valence-corrected chi connectivity index (χ0v) is 16.1. The molecule has 2 heterocycles. The molecule has 0 saturated carbocycles. The Bertz CT molecular complexity index is 949. The molecule has 6 nitrogen and oxygen atoms in total. The van der Waals surface area contributed by atoms with Crippen LogP contribution in [0.3, 0.4) is 0 Å². The van der Waals surface area contributed by atoms with Crippen molar-refractivity contribution in [3.63, 3.8) is 0 Å². The van der Waals surface area contributed by atoms with Crippen molar-refractivity contribution in [3.8, 4) is 5.69 Å². The average molecular weight is 375 g/mol. The molecular formula is C22H25N5O. The molecule has 0 radical (unpaired) electrons. The summed E-state index contributed by atoms with van der Waals surface area (Å²) in [5.74, 6) is -0.114. The first-order chi connectivity index (χ1) is 13.7. The van der Waals surface area contributed by atoms with Crippen molar-refractivity contribution in [2.24, 2.45) is 11.7 Å². The predicted octanol–water partition coefficient (Wildman–Crippen LogP) is 2.28. The molecule has 4 rings (SSSR count). The number of amides is 1. The molecule has 0 bridgehead atoms. The third kappa shape index (κ3) is 3.68. The van der Waals surface area contributed by atoms with E-state index >= 15 is 0 Å². The molecule has 1 aliphatic heterocycles. The summed E-state index contributed by atoms with van der Waals surface area (Å²) >= 11 is 0. The van der Waals surface area contributed by atoms with Gasteiger partial charge in [0.2, 0.25) is 5.91 Å². The first-order valence-corrected chi connectivity index (χ1v) is 9.69. The summed E-state index contributed by atoms with van der Waals surface area (Å²) in [6, 6.07) is 18.3. The molecule has 1 unspecified atom stereocenters. The van der Waals surface area contributed by atoms with Crippen LogP contribution in [0.25, 0.3) is 5.69 Å². The van der Waals surface area contributed by atoms with Gasteiger partial charge in [-0.3, -0.25) is 4.79 Å². The van der Waals surface area contributed by atoms with Gasteiger partial charge >= 0.3 is 0 Å². The molecule has 2 N–H and O–H groups in total. The molecule has 0 aliphatic carbocycles. The molecule has 0 saturated heterocycles. The van der Waals surface area contributed by atoms with Crippen molar-refractivity contribution in [1.82, 2.24) is 19.9 Å². The molecule has 1 aromatic heterocycles. The third-order valence-electron chi connectivity index (χ3n) is 5.35. The number of hydrogen-bond donors (Lipinski definition) is 1. The molecular weight excluding hydrogens is 350 g/mol. The topological polar surface area (TPSA) is 77.0 Å². The largest absolute Gasteiger partial charge is 0.336 e. The number of carbonyl (C=O) groups is 1. The monoisotopic (exact) mass is 375 g/mol. The molecule has 0 fully saturated rings. The van der Waals surface area contributed by atoms with Crippen molar-refractivity contribution in [2.75, 3.05) is 13.1 Å². The van der Waals surface area contributed by atoms with Crippen LogP contribution >= 0.6 is 0 Å². The molecule has 3 aromatic rings. The maximum Gasteiger partial charge on any atom is 0.227 e. The van der Waals surface area contributed by atoms with Gasteiger partial charge < -0.3 is 10.6 Å². The number of fused-ring (bicyclic) bond motifs is 1. The lowest BCUT2D eigenvalue weighted by Gasteiger charge is -2.29. The van der Waals surface area contributed by atoms with Crippen LogP contribution in [0.15, 0.2) is 54.6 Å². The van der Waals surface area contributed by atoms with Crippen molar-refractivity contribution in [3.05, 3.63) is 77.1 Å².